The summed E-state index contributed by atoms with van der Waals surface area (Å²) in [5.74, 6) is -1.07. The fourth-order valence-electron chi connectivity index (χ4n) is 2.26. The topological polar surface area (TPSA) is 79.3 Å². The van der Waals surface area contributed by atoms with Crippen LogP contribution < -0.4 is 5.32 Å². The molecule has 0 saturated carbocycles. The van der Waals surface area contributed by atoms with Crippen molar-refractivity contribution in [1.29, 1.82) is 0 Å². The van der Waals surface area contributed by atoms with Crippen LogP contribution in [0.15, 0.2) is 48.8 Å². The molecule has 6 heteroatoms. The van der Waals surface area contributed by atoms with Gasteiger partial charge in [-0.1, -0.05) is 12.1 Å². The molecule has 23 heavy (non-hydrogen) atoms. The lowest BCUT2D eigenvalue weighted by Gasteiger charge is -2.04. The van der Waals surface area contributed by atoms with Gasteiger partial charge in [0.1, 0.15) is 0 Å². The van der Waals surface area contributed by atoms with Gasteiger partial charge in [-0.15, -0.1) is 11.3 Å². The highest BCUT2D eigenvalue weighted by molar-refractivity contribution is 7.20. The maximum Gasteiger partial charge on any atom is 0.335 e. The van der Waals surface area contributed by atoms with Crippen molar-refractivity contribution in [2.24, 2.45) is 0 Å². The Balaban J connectivity index is 1.61. The van der Waals surface area contributed by atoms with Gasteiger partial charge in [-0.3, -0.25) is 9.78 Å². The molecule has 2 aromatic heterocycles. The first-order valence-electron chi connectivity index (χ1n) is 7.07. The summed E-state index contributed by atoms with van der Waals surface area (Å²) < 4.78 is 0.979. The predicted molar refractivity (Wildman–Crippen MR) is 89.1 cm³/mol. The Kier molecular flexibility index (Phi) is 4.34. The number of carbonyl (C=O) groups is 2. The molecule has 3 rings (SSSR count). The molecule has 2 heterocycles. The van der Waals surface area contributed by atoms with Crippen LogP contribution in [0.4, 0.5) is 0 Å². The summed E-state index contributed by atoms with van der Waals surface area (Å²) in [5.41, 5.74) is 1.14. The van der Waals surface area contributed by atoms with Crippen LogP contribution in [0.25, 0.3) is 10.1 Å². The first-order valence-corrected chi connectivity index (χ1v) is 7.89. The second-order valence-electron chi connectivity index (χ2n) is 5.04. The van der Waals surface area contributed by atoms with Crippen molar-refractivity contribution in [3.05, 3.63) is 64.8 Å². The molecular weight excluding hydrogens is 312 g/mol. The van der Waals surface area contributed by atoms with Crippen LogP contribution in [-0.2, 0) is 6.42 Å². The van der Waals surface area contributed by atoms with E-state index in [0.717, 1.165) is 15.6 Å². The Morgan fingerprint density at radius 3 is 2.87 bits per heavy atom. The molecule has 1 aromatic carbocycles. The quantitative estimate of drug-likeness (QED) is 0.755. The van der Waals surface area contributed by atoms with E-state index in [9.17, 15) is 9.59 Å². The molecule has 0 unspecified atom stereocenters. The molecule has 2 N–H and O–H groups in total. The first kappa shape index (κ1) is 15.2. The third-order valence-corrected chi connectivity index (χ3v) is 4.50. The second-order valence-corrected chi connectivity index (χ2v) is 6.12. The molecule has 0 radical (unpaired) electrons. The average Bonchev–Trinajstić information content (AvgIpc) is 2.99. The standard InChI is InChI=1S/C17H14N2O3S/c20-16(14-9-12-5-6-18-10-15(12)23-14)19-7-4-11-2-1-3-13(8-11)17(21)22/h1-3,5-6,8-10H,4,7H2,(H,19,20)(H,21,22). The van der Waals surface area contributed by atoms with Gasteiger partial charge in [0.05, 0.1) is 15.1 Å². The smallest absolute Gasteiger partial charge is 0.335 e. The number of pyridine rings is 1. The van der Waals surface area contributed by atoms with Crippen LogP contribution in [0.1, 0.15) is 25.6 Å². The van der Waals surface area contributed by atoms with E-state index in [1.165, 1.54) is 11.3 Å². The largest absolute Gasteiger partial charge is 0.478 e. The summed E-state index contributed by atoms with van der Waals surface area (Å²) in [6.45, 7) is 0.453. The Morgan fingerprint density at radius 1 is 1.22 bits per heavy atom. The van der Waals surface area contributed by atoms with Gasteiger partial charge in [-0.05, 0) is 41.6 Å². The van der Waals surface area contributed by atoms with E-state index in [-0.39, 0.29) is 11.5 Å². The molecule has 0 aliphatic rings. The van der Waals surface area contributed by atoms with E-state index in [1.54, 1.807) is 30.6 Å². The molecule has 0 atom stereocenters. The lowest BCUT2D eigenvalue weighted by molar-refractivity contribution is 0.0696. The maximum absolute atomic E-state index is 12.2. The molecule has 0 fully saturated rings. The summed E-state index contributed by atoms with van der Waals surface area (Å²) in [6.07, 6.45) is 4.03. The highest BCUT2D eigenvalue weighted by atomic mass is 32.1. The molecule has 0 spiro atoms. The molecule has 1 amide bonds. The fraction of sp³-hybridized carbons (Fsp3) is 0.118. The number of rotatable bonds is 5. The zero-order chi connectivity index (χ0) is 16.2. The summed E-state index contributed by atoms with van der Waals surface area (Å²) in [6, 6.07) is 10.5. The van der Waals surface area contributed by atoms with Crippen molar-refractivity contribution < 1.29 is 14.7 Å². The van der Waals surface area contributed by atoms with Gasteiger partial charge in [0.25, 0.3) is 5.91 Å². The molecule has 3 aromatic rings. The fourth-order valence-corrected chi connectivity index (χ4v) is 3.21. The van der Waals surface area contributed by atoms with Crippen molar-refractivity contribution in [3.63, 3.8) is 0 Å². The molecule has 0 saturated heterocycles. The number of nitrogens with zero attached hydrogens (tertiary/aromatic N) is 1. The number of aromatic carboxylic acids is 1. The second kappa shape index (κ2) is 6.58. The Hall–Kier alpha value is -2.73. The minimum Gasteiger partial charge on any atom is -0.478 e. The zero-order valence-electron chi connectivity index (χ0n) is 12.2. The minimum atomic E-state index is -0.949. The van der Waals surface area contributed by atoms with Crippen LogP contribution in [-0.4, -0.2) is 28.5 Å². The Morgan fingerprint density at radius 2 is 2.09 bits per heavy atom. The van der Waals surface area contributed by atoms with Gasteiger partial charge >= 0.3 is 5.97 Å². The maximum atomic E-state index is 12.2. The number of hydrogen-bond donors (Lipinski definition) is 2. The number of aromatic nitrogens is 1. The van der Waals surface area contributed by atoms with Crippen LogP contribution in [0.2, 0.25) is 0 Å². The van der Waals surface area contributed by atoms with Crippen molar-refractivity contribution in [3.8, 4) is 0 Å². The van der Waals surface area contributed by atoms with E-state index in [1.807, 2.05) is 18.2 Å². The number of amides is 1. The van der Waals surface area contributed by atoms with Crippen LogP contribution >= 0.6 is 11.3 Å². The highest BCUT2D eigenvalue weighted by Gasteiger charge is 2.10. The Labute approximate surface area is 136 Å². The Bertz CT molecular complexity index is 840. The molecule has 0 aliphatic heterocycles. The van der Waals surface area contributed by atoms with Crippen molar-refractivity contribution in [2.45, 2.75) is 6.42 Å². The van der Waals surface area contributed by atoms with E-state index in [2.05, 4.69) is 10.3 Å². The number of carbonyl (C=O) groups excluding carboxylic acids is 1. The van der Waals surface area contributed by atoms with Crippen LogP contribution in [0.5, 0.6) is 0 Å². The van der Waals surface area contributed by atoms with E-state index in [4.69, 9.17) is 5.11 Å². The number of carboxylic acids is 1. The molecule has 0 bridgehead atoms. The monoisotopic (exact) mass is 326 g/mol. The number of fused-ring (bicyclic) bond motifs is 1. The summed E-state index contributed by atoms with van der Waals surface area (Å²) in [7, 11) is 0. The number of thiophene rings is 1. The SMILES string of the molecule is O=C(O)c1cccc(CCNC(=O)c2cc3ccncc3s2)c1. The van der Waals surface area contributed by atoms with Gasteiger partial charge in [-0.25, -0.2) is 4.79 Å². The van der Waals surface area contributed by atoms with Crippen molar-refractivity contribution >= 4 is 33.3 Å². The van der Waals surface area contributed by atoms with Gasteiger partial charge in [0.2, 0.25) is 0 Å². The summed E-state index contributed by atoms with van der Waals surface area (Å²) >= 11 is 1.41. The van der Waals surface area contributed by atoms with E-state index in [0.29, 0.717) is 17.8 Å². The van der Waals surface area contributed by atoms with Crippen LogP contribution in [0.3, 0.4) is 0 Å². The number of carboxylic acid groups (broad SMARTS) is 1. The lowest BCUT2D eigenvalue weighted by atomic mass is 10.1. The van der Waals surface area contributed by atoms with Gasteiger partial charge in [0.15, 0.2) is 0 Å². The van der Waals surface area contributed by atoms with Gasteiger partial charge in [0, 0.05) is 18.9 Å². The average molecular weight is 326 g/mol. The molecule has 0 aliphatic carbocycles. The molecule has 5 nitrogen and oxygen atoms in total. The van der Waals surface area contributed by atoms with E-state index >= 15 is 0 Å². The minimum absolute atomic E-state index is 0.124. The lowest BCUT2D eigenvalue weighted by Crippen LogP contribution is -2.24. The van der Waals surface area contributed by atoms with Gasteiger partial charge < -0.3 is 10.4 Å². The highest BCUT2D eigenvalue weighted by Crippen LogP contribution is 2.24. The number of hydrogen-bond acceptors (Lipinski definition) is 4. The van der Waals surface area contributed by atoms with E-state index < -0.39 is 5.97 Å². The van der Waals surface area contributed by atoms with Crippen molar-refractivity contribution in [2.75, 3.05) is 6.54 Å². The molecule has 116 valence electrons. The summed E-state index contributed by atoms with van der Waals surface area (Å²) in [5, 5.41) is 12.8. The third-order valence-electron chi connectivity index (χ3n) is 3.42. The zero-order valence-corrected chi connectivity index (χ0v) is 13.0. The summed E-state index contributed by atoms with van der Waals surface area (Å²) in [4.78, 5) is 27.8. The normalized spacial score (nSPS) is 10.6. The number of nitrogens with one attached hydrogen (secondary N) is 1. The first-order chi connectivity index (χ1) is 11.1. The third kappa shape index (κ3) is 3.54. The molecular formula is C17H14N2O3S. The van der Waals surface area contributed by atoms with Crippen LogP contribution in [0, 0.1) is 0 Å². The van der Waals surface area contributed by atoms with Crippen molar-refractivity contribution in [1.82, 2.24) is 10.3 Å². The predicted octanol–water partition coefficient (Wildman–Crippen LogP) is 2.97. The van der Waals surface area contributed by atoms with Gasteiger partial charge in [-0.2, -0.15) is 0 Å². The number of benzene rings is 1.